The number of hydrogen-bond acceptors (Lipinski definition) is 4. The van der Waals surface area contributed by atoms with Crippen molar-refractivity contribution in [3.8, 4) is 0 Å². The Morgan fingerprint density at radius 2 is 0.375 bits per heavy atom. The summed E-state index contributed by atoms with van der Waals surface area (Å²) in [7, 11) is 13.0. The molecule has 0 saturated heterocycles. The second kappa shape index (κ2) is 104. The van der Waals surface area contributed by atoms with E-state index in [2.05, 4.69) is 51.9 Å². The van der Waals surface area contributed by atoms with Gasteiger partial charge in [-0.05, 0) is 6.92 Å². The number of benzene rings is 4. The van der Waals surface area contributed by atoms with E-state index >= 15 is 0 Å². The standard InChI is InChI=1S/C7H8.3C6H6.C3H8.4C2H6O.4C2H6/c1-7-5-3-2-4-6-7;3*1-2-4-6-5-3-1;5*1-3-2;4*1-2/h2-6H,1H3;3*1-6H;3H2,1-2H3;4*1-2H3;4*1-2H3. The molecular weight excluding hydrogens is 592 g/mol. The Morgan fingerprint density at radius 3 is 0.438 bits per heavy atom. The summed E-state index contributed by atoms with van der Waals surface area (Å²) in [6.07, 6.45) is 1.25. The van der Waals surface area contributed by atoms with E-state index < -0.39 is 0 Å². The smallest absolute Gasteiger partial charge is 0.0351 e. The fourth-order valence-corrected chi connectivity index (χ4v) is 1.69. The number of methoxy groups -OCH3 is 4. The minimum Gasteiger partial charge on any atom is -0.388 e. The topological polar surface area (TPSA) is 36.9 Å². The zero-order chi connectivity index (χ0) is 39.4. The average Bonchev–Trinajstić information content (AvgIpc) is 3.17. The highest BCUT2D eigenvalue weighted by Crippen LogP contribution is 1.92. The van der Waals surface area contributed by atoms with E-state index in [0.717, 1.165) is 0 Å². The van der Waals surface area contributed by atoms with Crippen molar-refractivity contribution in [2.45, 2.75) is 82.6 Å². The summed E-state index contributed by atoms with van der Waals surface area (Å²) in [5, 5.41) is 0. The third-order valence-corrected chi connectivity index (χ3v) is 2.94. The maximum absolute atomic E-state index is 4.25. The van der Waals surface area contributed by atoms with Crippen LogP contribution in [0.3, 0.4) is 0 Å². The van der Waals surface area contributed by atoms with Crippen molar-refractivity contribution in [3.05, 3.63) is 145 Å². The first-order valence-electron chi connectivity index (χ1n) is 17.1. The normalized spacial score (nSPS) is 6.65. The molecule has 0 aromatic heterocycles. The highest BCUT2D eigenvalue weighted by molar-refractivity contribution is 5.11. The molecule has 0 radical (unpaired) electrons. The lowest BCUT2D eigenvalue weighted by molar-refractivity contribution is 0.277. The molecule has 0 heterocycles. The Labute approximate surface area is 302 Å². The molecule has 0 unspecified atom stereocenters. The minimum absolute atomic E-state index is 1.25. The zero-order valence-electron chi connectivity index (χ0n) is 35.1. The molecule has 0 aliphatic carbocycles. The molecule has 4 rings (SSSR count). The predicted octanol–water partition coefficient (Wildman–Crippen LogP) is 13.6. The van der Waals surface area contributed by atoms with E-state index in [9.17, 15) is 0 Å². The Morgan fingerprint density at radius 1 is 0.292 bits per heavy atom. The molecule has 48 heavy (non-hydrogen) atoms. The first-order chi connectivity index (χ1) is 23.5. The van der Waals surface area contributed by atoms with Crippen molar-refractivity contribution in [2.75, 3.05) is 56.9 Å². The van der Waals surface area contributed by atoms with Gasteiger partial charge in [0.1, 0.15) is 0 Å². The average molecular weight is 675 g/mol. The molecule has 4 aromatic rings. The van der Waals surface area contributed by atoms with Gasteiger partial charge >= 0.3 is 0 Å². The van der Waals surface area contributed by atoms with Crippen LogP contribution in [0.2, 0.25) is 0 Å². The second-order valence-electron chi connectivity index (χ2n) is 7.46. The van der Waals surface area contributed by atoms with Crippen LogP contribution in [0.4, 0.5) is 0 Å². The summed E-state index contributed by atoms with van der Waals surface area (Å²) in [4.78, 5) is 0. The van der Waals surface area contributed by atoms with Crippen LogP contribution in [0.1, 0.15) is 81.2 Å². The molecule has 0 saturated carbocycles. The molecule has 0 aliphatic rings. The van der Waals surface area contributed by atoms with Gasteiger partial charge in [-0.15, -0.1) is 0 Å². The highest BCUT2D eigenvalue weighted by Gasteiger charge is 1.72. The van der Waals surface area contributed by atoms with Crippen LogP contribution in [0.5, 0.6) is 0 Å². The summed E-state index contributed by atoms with van der Waals surface area (Å²) in [6.45, 7) is 22.3. The van der Waals surface area contributed by atoms with Gasteiger partial charge in [0.05, 0.1) is 0 Å². The molecule has 4 aromatic carbocycles. The van der Waals surface area contributed by atoms with Crippen LogP contribution in [0.25, 0.3) is 0 Å². The fourth-order valence-electron chi connectivity index (χ4n) is 1.69. The second-order valence-corrected chi connectivity index (χ2v) is 7.46. The molecule has 0 aliphatic heterocycles. The summed E-state index contributed by atoms with van der Waals surface area (Å²) >= 11 is 0. The van der Waals surface area contributed by atoms with Gasteiger partial charge in [0, 0.05) is 56.9 Å². The summed E-state index contributed by atoms with van der Waals surface area (Å²) in [5.74, 6) is 0. The Hall–Kier alpha value is -3.28. The number of aryl methyl sites for hydroxylation is 1. The molecule has 0 fully saturated rings. The maximum atomic E-state index is 4.25. The summed E-state index contributed by atoms with van der Waals surface area (Å²) in [5.41, 5.74) is 1.32. The lowest BCUT2D eigenvalue weighted by Gasteiger charge is -1.82. The van der Waals surface area contributed by atoms with Crippen molar-refractivity contribution in [1.82, 2.24) is 0 Å². The van der Waals surface area contributed by atoms with Crippen molar-refractivity contribution in [2.24, 2.45) is 0 Å². The van der Waals surface area contributed by atoms with Gasteiger partial charge in [-0.25, -0.2) is 0 Å². The lowest BCUT2D eigenvalue weighted by atomic mass is 10.2. The van der Waals surface area contributed by atoms with Crippen LogP contribution in [0.15, 0.2) is 140 Å². The van der Waals surface area contributed by atoms with Gasteiger partial charge in [0.15, 0.2) is 0 Å². The third kappa shape index (κ3) is 144. The van der Waals surface area contributed by atoms with E-state index in [-0.39, 0.29) is 0 Å². The third-order valence-electron chi connectivity index (χ3n) is 2.94. The molecular formula is C44H82O4. The van der Waals surface area contributed by atoms with Gasteiger partial charge < -0.3 is 18.9 Å². The van der Waals surface area contributed by atoms with Crippen molar-refractivity contribution in [3.63, 3.8) is 0 Å². The fraction of sp³-hybridized carbons (Fsp3) is 0.455. The molecule has 0 N–H and O–H groups in total. The first kappa shape index (κ1) is 67.0. The van der Waals surface area contributed by atoms with Crippen LogP contribution < -0.4 is 0 Å². The van der Waals surface area contributed by atoms with Crippen LogP contribution in [0, 0.1) is 6.92 Å². The van der Waals surface area contributed by atoms with Crippen LogP contribution in [-0.2, 0) is 18.9 Å². The Kier molecular flexibility index (Phi) is 145. The van der Waals surface area contributed by atoms with Gasteiger partial charge in [-0.2, -0.15) is 0 Å². The quantitative estimate of drug-likeness (QED) is 0.186. The van der Waals surface area contributed by atoms with Crippen LogP contribution >= 0.6 is 0 Å². The SMILES string of the molecule is CC.CC.CC.CC.CCC.COC.COC.COC.COC.Cc1ccccc1.c1ccccc1.c1ccccc1.c1ccccc1. The largest absolute Gasteiger partial charge is 0.388 e. The van der Waals surface area contributed by atoms with Crippen LogP contribution in [-0.4, -0.2) is 56.9 Å². The van der Waals surface area contributed by atoms with E-state index in [1.807, 2.05) is 183 Å². The van der Waals surface area contributed by atoms with Crippen molar-refractivity contribution >= 4 is 0 Å². The van der Waals surface area contributed by atoms with Gasteiger partial charge in [-0.1, -0.05) is 221 Å². The van der Waals surface area contributed by atoms with E-state index in [1.54, 1.807) is 56.9 Å². The van der Waals surface area contributed by atoms with Gasteiger partial charge in [-0.3, -0.25) is 0 Å². The monoisotopic (exact) mass is 675 g/mol. The molecule has 4 nitrogen and oxygen atoms in total. The van der Waals surface area contributed by atoms with Gasteiger partial charge in [0.25, 0.3) is 0 Å². The molecule has 282 valence electrons. The molecule has 0 amide bonds. The van der Waals surface area contributed by atoms with Gasteiger partial charge in [0.2, 0.25) is 0 Å². The van der Waals surface area contributed by atoms with E-state index in [0.29, 0.717) is 0 Å². The molecule has 0 bridgehead atoms. The number of rotatable bonds is 0. The van der Waals surface area contributed by atoms with E-state index in [1.165, 1.54) is 12.0 Å². The summed E-state index contributed by atoms with van der Waals surface area (Å²) < 4.78 is 17.0. The lowest BCUT2D eigenvalue weighted by Crippen LogP contribution is -1.62. The van der Waals surface area contributed by atoms with E-state index in [4.69, 9.17) is 0 Å². The maximum Gasteiger partial charge on any atom is 0.0351 e. The minimum atomic E-state index is 1.25. The Balaban J connectivity index is -0.0000000506. The Bertz CT molecular complexity index is 618. The van der Waals surface area contributed by atoms with Crippen molar-refractivity contribution < 1.29 is 18.9 Å². The molecule has 0 atom stereocenters. The zero-order valence-corrected chi connectivity index (χ0v) is 35.1. The first-order valence-corrected chi connectivity index (χ1v) is 17.1. The predicted molar refractivity (Wildman–Crippen MR) is 224 cm³/mol. The van der Waals surface area contributed by atoms with Crippen molar-refractivity contribution in [1.29, 1.82) is 0 Å². The molecule has 0 spiro atoms. The number of ether oxygens (including phenoxy) is 4. The highest BCUT2D eigenvalue weighted by atomic mass is 16.5. The number of hydrogen-bond donors (Lipinski definition) is 0. The summed E-state index contributed by atoms with van der Waals surface area (Å²) in [6, 6.07) is 46.3. The molecule has 4 heteroatoms.